The number of alkyl halides is 3. The van der Waals surface area contributed by atoms with Gasteiger partial charge in [0, 0.05) is 19.0 Å². The van der Waals surface area contributed by atoms with Crippen LogP contribution in [-0.4, -0.2) is 38.5 Å². The average molecular weight is 320 g/mol. The Balaban J connectivity index is 1.64. The van der Waals surface area contributed by atoms with E-state index in [2.05, 4.69) is 15.5 Å². The van der Waals surface area contributed by atoms with Gasteiger partial charge in [0.05, 0.1) is 12.5 Å². The third kappa shape index (κ3) is 3.53. The van der Waals surface area contributed by atoms with Crippen molar-refractivity contribution in [2.45, 2.75) is 51.0 Å². The molecule has 4 nitrogen and oxygen atoms in total. The first-order valence-corrected chi connectivity index (χ1v) is 8.48. The third-order valence-corrected chi connectivity index (χ3v) is 5.31. The molecule has 8 heteroatoms. The van der Waals surface area contributed by atoms with E-state index in [0.717, 1.165) is 24.3 Å². The molecule has 1 N–H and O–H groups in total. The summed E-state index contributed by atoms with van der Waals surface area (Å²) in [5, 5.41) is 11.5. The number of rotatable bonds is 3. The standard InChI is InChI=1S/C13H19F3N4S/c14-13(15,16)9-1-2-11-18-19-12(20(11)8-9)7-17-10-3-5-21-6-4-10/h9-10,17H,1-8H2/t9-/m1/s1. The van der Waals surface area contributed by atoms with Crippen LogP contribution in [0.25, 0.3) is 0 Å². The molecule has 0 unspecified atom stereocenters. The van der Waals surface area contributed by atoms with E-state index in [0.29, 0.717) is 30.7 Å². The summed E-state index contributed by atoms with van der Waals surface area (Å²) in [5.74, 6) is 2.34. The number of nitrogens with zero attached hydrogens (tertiary/aromatic N) is 3. The van der Waals surface area contributed by atoms with E-state index < -0.39 is 12.1 Å². The molecule has 3 rings (SSSR count). The van der Waals surface area contributed by atoms with Crippen LogP contribution in [0.2, 0.25) is 0 Å². The third-order valence-electron chi connectivity index (χ3n) is 4.26. The Kier molecular flexibility index (Phi) is 4.44. The second-order valence-corrected chi connectivity index (χ2v) is 6.91. The molecule has 0 radical (unpaired) electrons. The molecule has 0 saturated carbocycles. The molecule has 21 heavy (non-hydrogen) atoms. The number of fused-ring (bicyclic) bond motifs is 1. The zero-order chi connectivity index (χ0) is 14.9. The number of halogens is 3. The van der Waals surface area contributed by atoms with Crippen molar-refractivity contribution in [1.82, 2.24) is 20.1 Å². The Bertz CT molecular complexity index is 482. The lowest BCUT2D eigenvalue weighted by Crippen LogP contribution is -2.35. The van der Waals surface area contributed by atoms with E-state index in [1.807, 2.05) is 11.8 Å². The van der Waals surface area contributed by atoms with Crippen LogP contribution in [0.1, 0.15) is 30.9 Å². The van der Waals surface area contributed by atoms with Crippen LogP contribution in [0.5, 0.6) is 0 Å². The first kappa shape index (κ1) is 15.1. The maximum absolute atomic E-state index is 12.9. The number of nitrogens with one attached hydrogen (secondary N) is 1. The van der Waals surface area contributed by atoms with Crippen LogP contribution >= 0.6 is 11.8 Å². The normalized spacial score (nSPS) is 24.0. The molecule has 118 valence electrons. The van der Waals surface area contributed by atoms with Crippen molar-refractivity contribution >= 4 is 11.8 Å². The van der Waals surface area contributed by atoms with Gasteiger partial charge in [-0.1, -0.05) is 0 Å². The highest BCUT2D eigenvalue weighted by atomic mass is 32.2. The van der Waals surface area contributed by atoms with Crippen LogP contribution in [0, 0.1) is 5.92 Å². The molecule has 1 saturated heterocycles. The second-order valence-electron chi connectivity index (χ2n) is 5.69. The summed E-state index contributed by atoms with van der Waals surface area (Å²) in [6.45, 7) is 0.469. The summed E-state index contributed by atoms with van der Waals surface area (Å²) in [6, 6.07) is 0.446. The van der Waals surface area contributed by atoms with E-state index in [-0.39, 0.29) is 13.0 Å². The largest absolute Gasteiger partial charge is 0.393 e. The molecule has 2 aliphatic rings. The quantitative estimate of drug-likeness (QED) is 0.929. The lowest BCUT2D eigenvalue weighted by atomic mass is 9.99. The summed E-state index contributed by atoms with van der Waals surface area (Å²) < 4.78 is 40.3. The summed E-state index contributed by atoms with van der Waals surface area (Å²) >= 11 is 1.95. The predicted molar refractivity (Wildman–Crippen MR) is 75.1 cm³/mol. The van der Waals surface area contributed by atoms with Crippen molar-refractivity contribution in [3.05, 3.63) is 11.6 Å². The topological polar surface area (TPSA) is 42.7 Å². The van der Waals surface area contributed by atoms with E-state index in [4.69, 9.17) is 0 Å². The van der Waals surface area contributed by atoms with Crippen molar-refractivity contribution in [3.63, 3.8) is 0 Å². The molecule has 2 aliphatic heterocycles. The molecule has 1 atom stereocenters. The van der Waals surface area contributed by atoms with Gasteiger partial charge in [-0.15, -0.1) is 10.2 Å². The molecule has 0 aliphatic carbocycles. The Labute approximate surface area is 125 Å². The minimum Gasteiger partial charge on any atom is -0.313 e. The fourth-order valence-electron chi connectivity index (χ4n) is 2.92. The minimum absolute atomic E-state index is 0.0383. The van der Waals surface area contributed by atoms with Crippen molar-refractivity contribution in [2.75, 3.05) is 11.5 Å². The lowest BCUT2D eigenvalue weighted by Gasteiger charge is -2.27. The van der Waals surface area contributed by atoms with Crippen molar-refractivity contribution in [3.8, 4) is 0 Å². The number of aryl methyl sites for hydroxylation is 1. The summed E-state index contributed by atoms with van der Waals surface area (Å²) in [7, 11) is 0. The van der Waals surface area contributed by atoms with Crippen LogP contribution in [-0.2, 0) is 19.5 Å². The molecule has 0 spiro atoms. The zero-order valence-electron chi connectivity index (χ0n) is 11.7. The first-order chi connectivity index (χ1) is 10.0. The van der Waals surface area contributed by atoms with Gasteiger partial charge in [0.15, 0.2) is 0 Å². The molecule has 3 heterocycles. The van der Waals surface area contributed by atoms with E-state index in [9.17, 15) is 13.2 Å². The Morgan fingerprint density at radius 2 is 1.95 bits per heavy atom. The SMILES string of the molecule is FC(F)(F)[C@@H]1CCc2nnc(CNC3CCSCC3)n2C1. The van der Waals surface area contributed by atoms with E-state index in [1.54, 1.807) is 4.57 Å². The Morgan fingerprint density at radius 3 is 2.67 bits per heavy atom. The van der Waals surface area contributed by atoms with Crippen molar-refractivity contribution in [1.29, 1.82) is 0 Å². The maximum Gasteiger partial charge on any atom is 0.393 e. The van der Waals surface area contributed by atoms with Crippen LogP contribution in [0.15, 0.2) is 0 Å². The van der Waals surface area contributed by atoms with Gasteiger partial charge >= 0.3 is 6.18 Å². The lowest BCUT2D eigenvalue weighted by molar-refractivity contribution is -0.182. The fraction of sp³-hybridized carbons (Fsp3) is 0.846. The molecular formula is C13H19F3N4S. The summed E-state index contributed by atoms with van der Waals surface area (Å²) in [6.07, 6.45) is -1.44. The van der Waals surface area contributed by atoms with Gasteiger partial charge in [-0.2, -0.15) is 24.9 Å². The minimum atomic E-state index is -4.13. The molecule has 1 aromatic rings. The average Bonchev–Trinajstić information content (AvgIpc) is 2.87. The van der Waals surface area contributed by atoms with Gasteiger partial charge < -0.3 is 9.88 Å². The Hall–Kier alpha value is -0.760. The van der Waals surface area contributed by atoms with Crippen molar-refractivity contribution in [2.24, 2.45) is 5.92 Å². The molecule has 0 amide bonds. The number of hydrogen-bond acceptors (Lipinski definition) is 4. The zero-order valence-corrected chi connectivity index (χ0v) is 12.5. The fourth-order valence-corrected chi connectivity index (χ4v) is 4.02. The molecule has 1 aromatic heterocycles. The summed E-state index contributed by atoms with van der Waals surface area (Å²) in [4.78, 5) is 0. The van der Waals surface area contributed by atoms with Crippen LogP contribution < -0.4 is 5.32 Å². The maximum atomic E-state index is 12.9. The number of hydrogen-bond donors (Lipinski definition) is 1. The number of thioether (sulfide) groups is 1. The van der Waals surface area contributed by atoms with E-state index >= 15 is 0 Å². The first-order valence-electron chi connectivity index (χ1n) is 7.33. The number of aromatic nitrogens is 3. The second kappa shape index (κ2) is 6.16. The van der Waals surface area contributed by atoms with Crippen molar-refractivity contribution < 1.29 is 13.2 Å². The highest BCUT2D eigenvalue weighted by Crippen LogP contribution is 2.34. The molecular weight excluding hydrogens is 301 g/mol. The van der Waals surface area contributed by atoms with Crippen LogP contribution in [0.4, 0.5) is 13.2 Å². The molecule has 1 fully saturated rings. The van der Waals surface area contributed by atoms with Crippen LogP contribution in [0.3, 0.4) is 0 Å². The van der Waals surface area contributed by atoms with Gasteiger partial charge in [0.25, 0.3) is 0 Å². The Morgan fingerprint density at radius 1 is 1.19 bits per heavy atom. The monoisotopic (exact) mass is 320 g/mol. The van der Waals surface area contributed by atoms with Gasteiger partial charge in [-0.05, 0) is 30.8 Å². The summed E-state index contributed by atoms with van der Waals surface area (Å²) in [5.41, 5.74) is 0. The highest BCUT2D eigenvalue weighted by Gasteiger charge is 2.42. The van der Waals surface area contributed by atoms with E-state index in [1.165, 1.54) is 0 Å². The smallest absolute Gasteiger partial charge is 0.313 e. The molecule has 0 aromatic carbocycles. The van der Waals surface area contributed by atoms with Gasteiger partial charge in [-0.25, -0.2) is 0 Å². The highest BCUT2D eigenvalue weighted by molar-refractivity contribution is 7.99. The van der Waals surface area contributed by atoms with Gasteiger partial charge in [0.2, 0.25) is 0 Å². The van der Waals surface area contributed by atoms with Gasteiger partial charge in [-0.3, -0.25) is 0 Å². The van der Waals surface area contributed by atoms with Gasteiger partial charge in [0.1, 0.15) is 11.6 Å². The molecule has 0 bridgehead atoms. The predicted octanol–water partition coefficient (Wildman–Crippen LogP) is 2.39.